The van der Waals surface area contributed by atoms with Crippen LogP contribution in [-0.4, -0.2) is 9.97 Å². The largest absolute Gasteiger partial charge is 0.341 e. The van der Waals surface area contributed by atoms with E-state index in [4.69, 9.17) is 5.26 Å². The number of nitrogens with zero attached hydrogens (tertiary/aromatic N) is 3. The van der Waals surface area contributed by atoms with Crippen molar-refractivity contribution >= 4 is 0 Å². The van der Waals surface area contributed by atoms with Crippen LogP contribution in [0.2, 0.25) is 0 Å². The van der Waals surface area contributed by atoms with E-state index in [0.29, 0.717) is 11.3 Å². The normalized spacial score (nSPS) is 8.73. The van der Waals surface area contributed by atoms with Gasteiger partial charge >= 0.3 is 0 Å². The van der Waals surface area contributed by atoms with Gasteiger partial charge < -0.3 is 9.97 Å². The number of pyridine rings is 2. The van der Waals surface area contributed by atoms with Gasteiger partial charge in [0.2, 0.25) is 0 Å². The summed E-state index contributed by atoms with van der Waals surface area (Å²) in [5, 5.41) is 8.82. The maximum atomic E-state index is 8.82. The van der Waals surface area contributed by atoms with Gasteiger partial charge in [-0.25, -0.2) is 5.26 Å². The first-order chi connectivity index (χ1) is 6.92. The molecule has 4 heteroatoms. The second-order valence-corrected chi connectivity index (χ2v) is 2.64. The fourth-order valence-corrected chi connectivity index (χ4v) is 1.16. The van der Waals surface area contributed by atoms with Crippen molar-refractivity contribution in [2.75, 3.05) is 0 Å². The molecule has 0 aliphatic rings. The summed E-state index contributed by atoms with van der Waals surface area (Å²) in [6.07, 6.45) is 3.22. The molecule has 0 aromatic carbocycles. The first kappa shape index (κ1) is 11.5. The van der Waals surface area contributed by atoms with Gasteiger partial charge in [0.1, 0.15) is 0 Å². The van der Waals surface area contributed by atoms with E-state index in [1.54, 1.807) is 18.5 Å². The Balaban J connectivity index is 0.00000112. The van der Waals surface area contributed by atoms with Crippen molar-refractivity contribution in [1.29, 1.82) is 5.26 Å². The maximum Gasteiger partial charge on any atom is 0.0671 e. The molecule has 0 saturated heterocycles. The molecule has 1 radical (unpaired) electrons. The predicted octanol–water partition coefficient (Wildman–Crippen LogP) is 1.81. The summed E-state index contributed by atoms with van der Waals surface area (Å²) in [5.74, 6) is 0. The van der Waals surface area contributed by atoms with Crippen LogP contribution in [0.25, 0.3) is 11.3 Å². The van der Waals surface area contributed by atoms with Crippen LogP contribution in [-0.2, 0) is 20.1 Å². The summed E-state index contributed by atoms with van der Waals surface area (Å²) < 4.78 is 0. The van der Waals surface area contributed by atoms with Gasteiger partial charge in [0.05, 0.1) is 11.8 Å². The molecule has 0 saturated carbocycles. The van der Waals surface area contributed by atoms with Crippen LogP contribution in [0.15, 0.2) is 36.7 Å². The summed E-state index contributed by atoms with van der Waals surface area (Å²) in [7, 11) is 0. The molecule has 2 rings (SSSR count). The van der Waals surface area contributed by atoms with Crippen LogP contribution >= 0.6 is 0 Å². The molecule has 0 spiro atoms. The zero-order valence-electron chi connectivity index (χ0n) is 7.64. The molecule has 0 atom stereocenters. The standard InChI is InChI=1S/C11H6N3.Ir/c12-8-11-9(4-3-7-14-11)10-5-1-2-6-13-10;/h1-3,5-7H;/q-1;. The quantitative estimate of drug-likeness (QED) is 0.718. The monoisotopic (exact) mass is 373 g/mol. The number of hydrogen-bond acceptors (Lipinski definition) is 3. The Morgan fingerprint density at radius 1 is 1.20 bits per heavy atom. The van der Waals surface area contributed by atoms with Crippen molar-refractivity contribution in [3.05, 3.63) is 48.4 Å². The molecule has 2 aromatic heterocycles. The molecule has 15 heavy (non-hydrogen) atoms. The van der Waals surface area contributed by atoms with Crippen LogP contribution in [0.5, 0.6) is 0 Å². The number of hydrogen-bond donors (Lipinski definition) is 0. The van der Waals surface area contributed by atoms with Gasteiger partial charge in [0.15, 0.2) is 0 Å². The Labute approximate surface area is 101 Å². The van der Waals surface area contributed by atoms with E-state index < -0.39 is 0 Å². The summed E-state index contributed by atoms with van der Waals surface area (Å²) in [6.45, 7) is 0. The van der Waals surface area contributed by atoms with E-state index in [9.17, 15) is 0 Å². The Hall–Kier alpha value is -1.56. The number of rotatable bonds is 1. The zero-order valence-corrected chi connectivity index (χ0v) is 10.0. The van der Waals surface area contributed by atoms with Crippen molar-refractivity contribution in [3.63, 3.8) is 0 Å². The van der Waals surface area contributed by atoms with Crippen LogP contribution in [0, 0.1) is 17.4 Å². The van der Waals surface area contributed by atoms with Crippen LogP contribution in [0.3, 0.4) is 0 Å². The van der Waals surface area contributed by atoms with Gasteiger partial charge in [-0.2, -0.15) is 0 Å². The second-order valence-electron chi connectivity index (χ2n) is 2.64. The summed E-state index contributed by atoms with van der Waals surface area (Å²) in [5.41, 5.74) is 1.72. The molecule has 0 unspecified atom stereocenters. The SMILES string of the molecule is N#Cc1ncc[c-]c1-c1ccccn1.[Ir]. The Morgan fingerprint density at radius 3 is 2.73 bits per heavy atom. The third-order valence-corrected chi connectivity index (χ3v) is 1.77. The minimum Gasteiger partial charge on any atom is -0.341 e. The van der Waals surface area contributed by atoms with E-state index >= 15 is 0 Å². The number of aromatic nitrogens is 2. The molecular formula is C11H6IrN3-. The van der Waals surface area contributed by atoms with Crippen LogP contribution < -0.4 is 0 Å². The third kappa shape index (κ3) is 2.47. The van der Waals surface area contributed by atoms with E-state index in [1.807, 2.05) is 24.3 Å². The average Bonchev–Trinajstić information content (AvgIpc) is 2.30. The fourth-order valence-electron chi connectivity index (χ4n) is 1.16. The van der Waals surface area contributed by atoms with E-state index in [-0.39, 0.29) is 20.1 Å². The molecule has 0 N–H and O–H groups in total. The Bertz CT molecular complexity index is 477. The fraction of sp³-hybridized carbons (Fsp3) is 0. The third-order valence-electron chi connectivity index (χ3n) is 1.77. The molecule has 0 aliphatic carbocycles. The first-order valence-electron chi connectivity index (χ1n) is 4.10. The van der Waals surface area contributed by atoms with Gasteiger partial charge in [-0.05, 0) is 11.8 Å². The Kier molecular flexibility index (Phi) is 4.11. The van der Waals surface area contributed by atoms with Crippen LogP contribution in [0.1, 0.15) is 5.69 Å². The number of nitriles is 1. The topological polar surface area (TPSA) is 49.6 Å². The first-order valence-corrected chi connectivity index (χ1v) is 4.10. The molecule has 0 fully saturated rings. The molecule has 75 valence electrons. The molecule has 3 nitrogen and oxygen atoms in total. The van der Waals surface area contributed by atoms with Gasteiger partial charge in [-0.15, -0.1) is 12.1 Å². The second kappa shape index (κ2) is 5.35. The molecule has 0 aliphatic heterocycles. The zero-order chi connectivity index (χ0) is 9.80. The van der Waals surface area contributed by atoms with E-state index in [0.717, 1.165) is 5.69 Å². The summed E-state index contributed by atoms with van der Waals surface area (Å²) in [4.78, 5) is 8.08. The van der Waals surface area contributed by atoms with Crippen molar-refractivity contribution in [2.45, 2.75) is 0 Å². The van der Waals surface area contributed by atoms with Crippen molar-refractivity contribution in [3.8, 4) is 17.3 Å². The van der Waals surface area contributed by atoms with E-state index in [2.05, 4.69) is 16.0 Å². The van der Waals surface area contributed by atoms with Crippen molar-refractivity contribution in [2.24, 2.45) is 0 Å². The minimum absolute atomic E-state index is 0. The molecule has 2 heterocycles. The maximum absolute atomic E-state index is 8.82. The Morgan fingerprint density at radius 2 is 2.07 bits per heavy atom. The van der Waals surface area contributed by atoms with Gasteiger partial charge in [0, 0.05) is 26.3 Å². The smallest absolute Gasteiger partial charge is 0.0671 e. The molecule has 0 amide bonds. The summed E-state index contributed by atoms with van der Waals surface area (Å²) >= 11 is 0. The van der Waals surface area contributed by atoms with Gasteiger partial charge in [-0.1, -0.05) is 23.9 Å². The van der Waals surface area contributed by atoms with E-state index in [1.165, 1.54) is 0 Å². The van der Waals surface area contributed by atoms with Gasteiger partial charge in [0.25, 0.3) is 0 Å². The summed E-state index contributed by atoms with van der Waals surface area (Å²) in [6, 6.07) is 12.2. The average molecular weight is 372 g/mol. The molecular weight excluding hydrogens is 366 g/mol. The van der Waals surface area contributed by atoms with Gasteiger partial charge in [-0.3, -0.25) is 0 Å². The van der Waals surface area contributed by atoms with Crippen molar-refractivity contribution in [1.82, 2.24) is 9.97 Å². The molecule has 0 bridgehead atoms. The van der Waals surface area contributed by atoms with Crippen molar-refractivity contribution < 1.29 is 20.1 Å². The molecule has 2 aromatic rings. The predicted molar refractivity (Wildman–Crippen MR) is 51.0 cm³/mol. The van der Waals surface area contributed by atoms with Crippen LogP contribution in [0.4, 0.5) is 0 Å². The minimum atomic E-state index is 0.